The Morgan fingerprint density at radius 1 is 1.16 bits per heavy atom. The third kappa shape index (κ3) is 5.30. The van der Waals surface area contributed by atoms with E-state index in [-0.39, 0.29) is 17.9 Å². The highest BCUT2D eigenvalue weighted by Crippen LogP contribution is 2.17. The SMILES string of the molecule is O=C(NC[C@H]1CCCN(C(=O)CCc2ccccc2)C1)[C@H]1CCCN1. The lowest BCUT2D eigenvalue weighted by Crippen LogP contribution is -2.46. The van der Waals surface area contributed by atoms with Crippen LogP contribution in [0.15, 0.2) is 30.3 Å². The third-order valence-electron chi connectivity index (χ3n) is 5.28. The van der Waals surface area contributed by atoms with Gasteiger partial charge in [0, 0.05) is 26.1 Å². The van der Waals surface area contributed by atoms with Crippen molar-refractivity contribution in [3.8, 4) is 0 Å². The van der Waals surface area contributed by atoms with Crippen molar-refractivity contribution in [1.29, 1.82) is 0 Å². The molecule has 2 amide bonds. The number of nitrogens with one attached hydrogen (secondary N) is 2. The summed E-state index contributed by atoms with van der Waals surface area (Å²) in [5.41, 5.74) is 1.21. The lowest BCUT2D eigenvalue weighted by Gasteiger charge is -2.33. The summed E-state index contributed by atoms with van der Waals surface area (Å²) in [6.07, 6.45) is 5.48. The van der Waals surface area contributed by atoms with Gasteiger partial charge in [-0.1, -0.05) is 30.3 Å². The largest absolute Gasteiger partial charge is 0.354 e. The van der Waals surface area contributed by atoms with E-state index in [4.69, 9.17) is 0 Å². The van der Waals surface area contributed by atoms with Crippen molar-refractivity contribution in [3.05, 3.63) is 35.9 Å². The number of piperidine rings is 1. The van der Waals surface area contributed by atoms with Crippen LogP contribution in [0, 0.1) is 5.92 Å². The number of likely N-dealkylation sites (tertiary alicyclic amines) is 1. The van der Waals surface area contributed by atoms with Crippen LogP contribution in [-0.4, -0.2) is 48.9 Å². The highest BCUT2D eigenvalue weighted by Gasteiger charge is 2.26. The van der Waals surface area contributed by atoms with E-state index < -0.39 is 0 Å². The molecule has 2 N–H and O–H groups in total. The van der Waals surface area contributed by atoms with Crippen LogP contribution in [-0.2, 0) is 16.0 Å². The summed E-state index contributed by atoms with van der Waals surface area (Å²) in [5.74, 6) is 0.724. The normalized spacial score (nSPS) is 23.4. The van der Waals surface area contributed by atoms with Gasteiger partial charge in [0.2, 0.25) is 11.8 Å². The van der Waals surface area contributed by atoms with E-state index in [0.717, 1.165) is 51.7 Å². The predicted molar refractivity (Wildman–Crippen MR) is 98.1 cm³/mol. The highest BCUT2D eigenvalue weighted by molar-refractivity contribution is 5.82. The molecule has 0 aliphatic carbocycles. The first kappa shape index (κ1) is 17.9. The van der Waals surface area contributed by atoms with Gasteiger partial charge in [0.25, 0.3) is 0 Å². The Kier molecular flexibility index (Phi) is 6.45. The minimum Gasteiger partial charge on any atom is -0.354 e. The van der Waals surface area contributed by atoms with Gasteiger partial charge >= 0.3 is 0 Å². The average Bonchev–Trinajstić information content (AvgIpc) is 3.20. The molecule has 136 valence electrons. The molecule has 2 aliphatic heterocycles. The number of rotatable bonds is 6. The van der Waals surface area contributed by atoms with E-state index in [1.165, 1.54) is 5.56 Å². The molecule has 5 heteroatoms. The van der Waals surface area contributed by atoms with Crippen LogP contribution in [0.25, 0.3) is 0 Å². The van der Waals surface area contributed by atoms with E-state index in [1.807, 2.05) is 23.1 Å². The number of nitrogens with zero attached hydrogens (tertiary/aromatic N) is 1. The zero-order valence-corrected chi connectivity index (χ0v) is 14.9. The fourth-order valence-electron chi connectivity index (χ4n) is 3.79. The molecule has 2 atom stereocenters. The van der Waals surface area contributed by atoms with Gasteiger partial charge in [-0.2, -0.15) is 0 Å². The molecule has 0 aromatic heterocycles. The van der Waals surface area contributed by atoms with Gasteiger partial charge in [0.05, 0.1) is 6.04 Å². The van der Waals surface area contributed by atoms with Crippen LogP contribution in [0.4, 0.5) is 0 Å². The van der Waals surface area contributed by atoms with Gasteiger partial charge < -0.3 is 15.5 Å². The molecular formula is C20H29N3O2. The number of carbonyl (C=O) groups excluding carboxylic acids is 2. The summed E-state index contributed by atoms with van der Waals surface area (Å²) in [6, 6.07) is 10.1. The van der Waals surface area contributed by atoms with Crippen LogP contribution in [0.3, 0.4) is 0 Å². The molecule has 1 aromatic rings. The Balaban J connectivity index is 1.40. The van der Waals surface area contributed by atoms with E-state index >= 15 is 0 Å². The van der Waals surface area contributed by atoms with Crippen molar-refractivity contribution in [3.63, 3.8) is 0 Å². The third-order valence-corrected chi connectivity index (χ3v) is 5.28. The van der Waals surface area contributed by atoms with Crippen molar-refractivity contribution in [2.75, 3.05) is 26.2 Å². The Bertz CT molecular complexity index is 570. The number of carbonyl (C=O) groups is 2. The number of aryl methyl sites for hydroxylation is 1. The van der Waals surface area contributed by atoms with Gasteiger partial charge in [-0.15, -0.1) is 0 Å². The molecule has 2 heterocycles. The molecule has 0 spiro atoms. The van der Waals surface area contributed by atoms with Crippen molar-refractivity contribution in [2.24, 2.45) is 5.92 Å². The van der Waals surface area contributed by atoms with E-state index in [0.29, 0.717) is 18.9 Å². The molecule has 2 aliphatic rings. The van der Waals surface area contributed by atoms with Crippen molar-refractivity contribution in [1.82, 2.24) is 15.5 Å². The summed E-state index contributed by atoms with van der Waals surface area (Å²) in [5, 5.41) is 6.30. The molecular weight excluding hydrogens is 314 g/mol. The molecule has 5 nitrogen and oxygen atoms in total. The Morgan fingerprint density at radius 3 is 2.76 bits per heavy atom. The molecule has 0 unspecified atom stereocenters. The van der Waals surface area contributed by atoms with E-state index in [9.17, 15) is 9.59 Å². The second-order valence-electron chi connectivity index (χ2n) is 7.23. The van der Waals surface area contributed by atoms with Gasteiger partial charge in [-0.3, -0.25) is 9.59 Å². The Morgan fingerprint density at radius 2 is 2.00 bits per heavy atom. The zero-order chi connectivity index (χ0) is 17.5. The molecule has 2 saturated heterocycles. The lowest BCUT2D eigenvalue weighted by atomic mass is 9.97. The van der Waals surface area contributed by atoms with Crippen LogP contribution >= 0.6 is 0 Å². The fourth-order valence-corrected chi connectivity index (χ4v) is 3.79. The number of amides is 2. The molecule has 0 saturated carbocycles. The molecule has 0 bridgehead atoms. The quantitative estimate of drug-likeness (QED) is 0.827. The summed E-state index contributed by atoms with van der Waals surface area (Å²) in [6.45, 7) is 3.24. The van der Waals surface area contributed by atoms with E-state index in [2.05, 4.69) is 22.8 Å². The Hall–Kier alpha value is -1.88. The van der Waals surface area contributed by atoms with E-state index in [1.54, 1.807) is 0 Å². The summed E-state index contributed by atoms with van der Waals surface area (Å²) < 4.78 is 0. The van der Waals surface area contributed by atoms with Gasteiger partial charge in [-0.05, 0) is 50.1 Å². The number of hydrogen-bond acceptors (Lipinski definition) is 3. The monoisotopic (exact) mass is 343 g/mol. The Labute approximate surface area is 150 Å². The first-order valence-electron chi connectivity index (χ1n) is 9.55. The van der Waals surface area contributed by atoms with Gasteiger partial charge in [0.1, 0.15) is 0 Å². The topological polar surface area (TPSA) is 61.4 Å². The van der Waals surface area contributed by atoms with Crippen molar-refractivity contribution < 1.29 is 9.59 Å². The second-order valence-corrected chi connectivity index (χ2v) is 7.23. The lowest BCUT2D eigenvalue weighted by molar-refractivity contribution is -0.132. The summed E-state index contributed by atoms with van der Waals surface area (Å²) in [4.78, 5) is 26.6. The van der Waals surface area contributed by atoms with Crippen LogP contribution < -0.4 is 10.6 Å². The second kappa shape index (κ2) is 8.99. The number of hydrogen-bond donors (Lipinski definition) is 2. The van der Waals surface area contributed by atoms with Crippen molar-refractivity contribution >= 4 is 11.8 Å². The first-order valence-corrected chi connectivity index (χ1v) is 9.55. The average molecular weight is 343 g/mol. The van der Waals surface area contributed by atoms with Crippen molar-refractivity contribution in [2.45, 2.75) is 44.6 Å². The first-order chi connectivity index (χ1) is 12.2. The predicted octanol–water partition coefficient (Wildman–Crippen LogP) is 1.73. The molecule has 0 radical (unpaired) electrons. The molecule has 25 heavy (non-hydrogen) atoms. The van der Waals surface area contributed by atoms with Crippen LogP contribution in [0.5, 0.6) is 0 Å². The minimum absolute atomic E-state index is 0.0211. The van der Waals surface area contributed by atoms with Crippen LogP contribution in [0.1, 0.15) is 37.7 Å². The highest BCUT2D eigenvalue weighted by atomic mass is 16.2. The van der Waals surface area contributed by atoms with Gasteiger partial charge in [-0.25, -0.2) is 0 Å². The number of benzene rings is 1. The maximum Gasteiger partial charge on any atom is 0.237 e. The molecule has 3 rings (SSSR count). The zero-order valence-electron chi connectivity index (χ0n) is 14.9. The maximum atomic E-state index is 12.5. The minimum atomic E-state index is -0.0211. The standard InChI is InChI=1S/C20H29N3O2/c24-19(11-10-16-6-2-1-3-7-16)23-13-5-8-17(15-23)14-22-20(25)18-9-4-12-21-18/h1-3,6-7,17-18,21H,4-5,8-15H2,(H,22,25)/t17-,18-/m1/s1. The van der Waals surface area contributed by atoms with Gasteiger partial charge in [0.15, 0.2) is 0 Å². The summed E-state index contributed by atoms with van der Waals surface area (Å²) >= 11 is 0. The smallest absolute Gasteiger partial charge is 0.237 e. The fraction of sp³-hybridized carbons (Fsp3) is 0.600. The maximum absolute atomic E-state index is 12.5. The molecule has 2 fully saturated rings. The molecule has 1 aromatic carbocycles. The summed E-state index contributed by atoms with van der Waals surface area (Å²) in [7, 11) is 0. The van der Waals surface area contributed by atoms with Crippen LogP contribution in [0.2, 0.25) is 0 Å².